The second-order valence-electron chi connectivity index (χ2n) is 2.60. The second-order valence-corrected chi connectivity index (χ2v) is 4.79. The third-order valence-electron chi connectivity index (χ3n) is 1.42. The van der Waals surface area contributed by atoms with Crippen molar-refractivity contribution in [3.63, 3.8) is 0 Å². The molecule has 0 aliphatic heterocycles. The zero-order chi connectivity index (χ0) is 11.7. The lowest BCUT2D eigenvalue weighted by molar-refractivity contribution is -0.0429. The molecule has 0 saturated heterocycles. The first-order valence-electron chi connectivity index (χ1n) is 3.60. The second kappa shape index (κ2) is 3.93. The molecule has 8 heteroatoms. The summed E-state index contributed by atoms with van der Waals surface area (Å²) >= 11 is 3.90. The summed E-state index contributed by atoms with van der Waals surface area (Å²) < 4.78 is 58.5. The van der Waals surface area contributed by atoms with Gasteiger partial charge in [-0.3, -0.25) is 4.72 Å². The predicted octanol–water partition coefficient (Wildman–Crippen LogP) is 2.24. The van der Waals surface area contributed by atoms with Crippen LogP contribution in [0, 0.1) is 0 Å². The molecule has 0 spiro atoms. The Morgan fingerprint density at radius 3 is 2.00 bits per heavy atom. The van der Waals surface area contributed by atoms with Gasteiger partial charge in [0.15, 0.2) is 0 Å². The molecule has 0 unspecified atom stereocenters. The first kappa shape index (κ1) is 12.2. The van der Waals surface area contributed by atoms with Crippen LogP contribution in [0.25, 0.3) is 0 Å². The number of benzene rings is 1. The number of halogens is 3. The minimum Gasteiger partial charge on any atom is -0.276 e. The van der Waals surface area contributed by atoms with Crippen LogP contribution in [0.2, 0.25) is 0 Å². The van der Waals surface area contributed by atoms with Gasteiger partial charge in [0.2, 0.25) is 0 Å². The Labute approximate surface area is 89.8 Å². The monoisotopic (exact) mass is 257 g/mol. The van der Waals surface area contributed by atoms with E-state index < -0.39 is 15.5 Å². The number of nitrogens with one attached hydrogen (secondary N) is 1. The molecule has 0 aliphatic rings. The van der Waals surface area contributed by atoms with Crippen LogP contribution in [0.1, 0.15) is 0 Å². The van der Waals surface area contributed by atoms with Gasteiger partial charge in [-0.1, -0.05) is 0 Å². The number of thiol groups is 1. The molecule has 15 heavy (non-hydrogen) atoms. The molecular weight excluding hydrogens is 251 g/mol. The third kappa shape index (κ3) is 3.03. The summed E-state index contributed by atoms with van der Waals surface area (Å²) in [6.07, 6.45) is 0. The Kier molecular flexibility index (Phi) is 3.19. The highest BCUT2D eigenvalue weighted by Gasteiger charge is 2.45. The average Bonchev–Trinajstić information content (AvgIpc) is 2.06. The van der Waals surface area contributed by atoms with E-state index in [1.54, 1.807) is 0 Å². The van der Waals surface area contributed by atoms with Gasteiger partial charge in [0, 0.05) is 10.6 Å². The Balaban J connectivity index is 2.93. The van der Waals surface area contributed by atoms with E-state index in [1.807, 2.05) is 0 Å². The minimum absolute atomic E-state index is 0.162. The zero-order valence-electron chi connectivity index (χ0n) is 7.12. The lowest BCUT2D eigenvalue weighted by Crippen LogP contribution is -2.29. The number of hydrogen-bond acceptors (Lipinski definition) is 3. The minimum atomic E-state index is -5.34. The summed E-state index contributed by atoms with van der Waals surface area (Å²) in [7, 11) is -5.34. The van der Waals surface area contributed by atoms with Gasteiger partial charge in [-0.15, -0.1) is 12.6 Å². The SMILES string of the molecule is O=S(=O)(Nc1ccc(S)cc1)C(F)(F)F. The largest absolute Gasteiger partial charge is 0.516 e. The summed E-state index contributed by atoms with van der Waals surface area (Å²) in [6, 6.07) is 5.12. The van der Waals surface area contributed by atoms with Crippen LogP contribution >= 0.6 is 12.6 Å². The topological polar surface area (TPSA) is 46.2 Å². The molecule has 0 aliphatic carbocycles. The maximum atomic E-state index is 11.9. The summed E-state index contributed by atoms with van der Waals surface area (Å²) in [4.78, 5) is 0.518. The number of alkyl halides is 3. The first-order chi connectivity index (χ1) is 6.72. The van der Waals surface area contributed by atoms with E-state index in [9.17, 15) is 21.6 Å². The number of hydrogen-bond donors (Lipinski definition) is 2. The molecule has 0 radical (unpaired) electrons. The van der Waals surface area contributed by atoms with Crippen LogP contribution in [-0.2, 0) is 10.0 Å². The van der Waals surface area contributed by atoms with Crippen molar-refractivity contribution in [3.8, 4) is 0 Å². The molecule has 0 aromatic heterocycles. The molecule has 1 aromatic carbocycles. The fourth-order valence-electron chi connectivity index (χ4n) is 0.742. The summed E-state index contributed by atoms with van der Waals surface area (Å²) in [5.74, 6) is 0. The summed E-state index contributed by atoms with van der Waals surface area (Å²) in [5.41, 5.74) is -5.47. The Hall–Kier alpha value is -0.890. The Morgan fingerprint density at radius 1 is 1.13 bits per heavy atom. The fraction of sp³-hybridized carbons (Fsp3) is 0.143. The van der Waals surface area contributed by atoms with Gasteiger partial charge in [-0.05, 0) is 24.3 Å². The van der Waals surface area contributed by atoms with E-state index >= 15 is 0 Å². The third-order valence-corrected chi connectivity index (χ3v) is 2.84. The molecule has 0 bridgehead atoms. The van der Waals surface area contributed by atoms with Crippen molar-refractivity contribution in [3.05, 3.63) is 24.3 Å². The van der Waals surface area contributed by atoms with E-state index in [1.165, 1.54) is 29.0 Å². The van der Waals surface area contributed by atoms with Crippen molar-refractivity contribution < 1.29 is 21.6 Å². The van der Waals surface area contributed by atoms with Crippen molar-refractivity contribution in [1.82, 2.24) is 0 Å². The molecular formula is C7H6F3NO2S2. The average molecular weight is 257 g/mol. The van der Waals surface area contributed by atoms with Gasteiger partial charge >= 0.3 is 15.5 Å². The van der Waals surface area contributed by atoms with Crippen LogP contribution in [0.5, 0.6) is 0 Å². The smallest absolute Gasteiger partial charge is 0.276 e. The quantitative estimate of drug-likeness (QED) is 0.798. The first-order valence-corrected chi connectivity index (χ1v) is 5.53. The number of sulfonamides is 1. The highest BCUT2D eigenvalue weighted by molar-refractivity contribution is 7.93. The van der Waals surface area contributed by atoms with Gasteiger partial charge < -0.3 is 0 Å². The van der Waals surface area contributed by atoms with Gasteiger partial charge in [-0.2, -0.15) is 21.6 Å². The maximum absolute atomic E-state index is 11.9. The van der Waals surface area contributed by atoms with Crippen LogP contribution in [-0.4, -0.2) is 13.9 Å². The molecule has 0 saturated carbocycles. The highest BCUT2D eigenvalue weighted by atomic mass is 32.2. The molecule has 3 nitrogen and oxygen atoms in total. The molecule has 0 amide bonds. The molecule has 1 N–H and O–H groups in total. The van der Waals surface area contributed by atoms with Crippen LogP contribution < -0.4 is 4.72 Å². The molecule has 1 aromatic rings. The molecule has 0 heterocycles. The van der Waals surface area contributed by atoms with Crippen molar-refractivity contribution in [2.75, 3.05) is 4.72 Å². The van der Waals surface area contributed by atoms with Crippen molar-refractivity contribution >= 4 is 28.3 Å². The standard InChI is InChI=1S/C7H6F3NO2S2/c8-7(9,10)15(12,13)11-5-1-3-6(14)4-2-5/h1-4,11,14H. The maximum Gasteiger partial charge on any atom is 0.516 e. The normalized spacial score (nSPS) is 12.5. The zero-order valence-corrected chi connectivity index (χ0v) is 8.83. The number of rotatable bonds is 2. The van der Waals surface area contributed by atoms with Crippen LogP contribution in [0.4, 0.5) is 18.9 Å². The molecule has 84 valence electrons. The lowest BCUT2D eigenvalue weighted by atomic mass is 10.3. The van der Waals surface area contributed by atoms with Gasteiger partial charge in [-0.25, -0.2) is 0 Å². The van der Waals surface area contributed by atoms with E-state index in [2.05, 4.69) is 12.6 Å². The van der Waals surface area contributed by atoms with Crippen molar-refractivity contribution in [2.24, 2.45) is 0 Å². The highest BCUT2D eigenvalue weighted by Crippen LogP contribution is 2.25. The van der Waals surface area contributed by atoms with Crippen LogP contribution in [0.15, 0.2) is 29.2 Å². The fourth-order valence-corrected chi connectivity index (χ4v) is 1.45. The Bertz CT molecular complexity index is 438. The molecule has 1 rings (SSSR count). The molecule has 0 fully saturated rings. The van der Waals surface area contributed by atoms with Gasteiger partial charge in [0.05, 0.1) is 0 Å². The van der Waals surface area contributed by atoms with Crippen LogP contribution in [0.3, 0.4) is 0 Å². The number of anilines is 1. The van der Waals surface area contributed by atoms with Gasteiger partial charge in [0.25, 0.3) is 0 Å². The molecule has 0 atom stereocenters. The Morgan fingerprint density at radius 2 is 1.60 bits per heavy atom. The van der Waals surface area contributed by atoms with Crippen molar-refractivity contribution in [1.29, 1.82) is 0 Å². The van der Waals surface area contributed by atoms with E-state index in [0.29, 0.717) is 4.90 Å². The lowest BCUT2D eigenvalue weighted by Gasteiger charge is -2.10. The van der Waals surface area contributed by atoms with Gasteiger partial charge in [0.1, 0.15) is 0 Å². The van der Waals surface area contributed by atoms with E-state index in [0.717, 1.165) is 0 Å². The predicted molar refractivity (Wildman–Crippen MR) is 52.3 cm³/mol. The van der Waals surface area contributed by atoms with E-state index in [-0.39, 0.29) is 5.69 Å². The summed E-state index contributed by atoms with van der Waals surface area (Å²) in [5, 5.41) is 0. The van der Waals surface area contributed by atoms with E-state index in [4.69, 9.17) is 0 Å². The van der Waals surface area contributed by atoms with Crippen molar-refractivity contribution in [2.45, 2.75) is 10.4 Å². The summed E-state index contributed by atoms with van der Waals surface area (Å²) in [6.45, 7) is 0.